The molecule has 1 saturated heterocycles. The number of carbonyl (C=O) groups excluding carboxylic acids is 2. The highest BCUT2D eigenvalue weighted by Gasteiger charge is 2.35. The maximum Gasteiger partial charge on any atom is 0.270 e. The van der Waals surface area contributed by atoms with Crippen molar-refractivity contribution < 1.29 is 14.0 Å². The Hall–Kier alpha value is -1.77. The fourth-order valence-electron chi connectivity index (χ4n) is 2.55. The van der Waals surface area contributed by atoms with Crippen LogP contribution in [-0.2, 0) is 9.59 Å². The molecule has 128 valence electrons. The fourth-order valence-corrected chi connectivity index (χ4v) is 3.44. The van der Waals surface area contributed by atoms with Gasteiger partial charge in [0.2, 0.25) is 0 Å². The van der Waals surface area contributed by atoms with E-state index in [1.807, 2.05) is 32.0 Å². The van der Waals surface area contributed by atoms with Crippen molar-refractivity contribution in [1.82, 2.24) is 5.32 Å². The molecule has 8 heteroatoms. The van der Waals surface area contributed by atoms with Crippen molar-refractivity contribution in [3.05, 3.63) is 55.9 Å². The molecule has 1 aromatic carbocycles. The van der Waals surface area contributed by atoms with E-state index in [0.29, 0.717) is 20.6 Å². The molecule has 3 rings (SSSR count). The quantitative estimate of drug-likeness (QED) is 0.394. The first kappa shape index (κ1) is 18.0. The zero-order valence-corrected chi connectivity index (χ0v) is 17.2. The van der Waals surface area contributed by atoms with Gasteiger partial charge in [0.05, 0.1) is 10.2 Å². The Balaban J connectivity index is 2.05. The third-order valence-electron chi connectivity index (χ3n) is 3.52. The van der Waals surface area contributed by atoms with Gasteiger partial charge in [-0.3, -0.25) is 19.8 Å². The third-order valence-corrected chi connectivity index (χ3v) is 5.51. The molecule has 0 spiro atoms. The summed E-state index contributed by atoms with van der Waals surface area (Å²) < 4.78 is 6.59. The van der Waals surface area contributed by atoms with Gasteiger partial charge < -0.3 is 4.42 Å². The minimum atomic E-state index is -0.556. The molecule has 2 aromatic rings. The molecule has 0 saturated carbocycles. The molecule has 0 bridgehead atoms. The predicted molar refractivity (Wildman–Crippen MR) is 106 cm³/mol. The van der Waals surface area contributed by atoms with Crippen molar-refractivity contribution >= 4 is 72.8 Å². The van der Waals surface area contributed by atoms with E-state index in [2.05, 4.69) is 37.2 Å². The number of furan rings is 1. The van der Waals surface area contributed by atoms with Crippen molar-refractivity contribution in [3.63, 3.8) is 0 Å². The second-order valence-electron chi connectivity index (χ2n) is 5.57. The zero-order valence-electron chi connectivity index (χ0n) is 13.2. The van der Waals surface area contributed by atoms with Crippen LogP contribution in [0.2, 0.25) is 0 Å². The molecule has 25 heavy (non-hydrogen) atoms. The van der Waals surface area contributed by atoms with Crippen LogP contribution in [0.3, 0.4) is 0 Å². The normalized spacial score (nSPS) is 16.6. The highest BCUT2D eigenvalue weighted by Crippen LogP contribution is 2.29. The Morgan fingerprint density at radius 3 is 2.32 bits per heavy atom. The molecule has 0 aliphatic carbocycles. The molecule has 0 unspecified atom stereocenters. The molecule has 2 heterocycles. The summed E-state index contributed by atoms with van der Waals surface area (Å²) in [5.41, 5.74) is 2.54. The van der Waals surface area contributed by atoms with Crippen molar-refractivity contribution in [1.29, 1.82) is 0 Å². The van der Waals surface area contributed by atoms with E-state index in [4.69, 9.17) is 16.6 Å². The van der Waals surface area contributed by atoms with Crippen LogP contribution >= 0.6 is 44.1 Å². The number of hydrogen-bond donors (Lipinski definition) is 1. The second kappa shape index (κ2) is 6.86. The van der Waals surface area contributed by atoms with Gasteiger partial charge in [0, 0.05) is 0 Å². The molecule has 0 radical (unpaired) electrons. The predicted octanol–water partition coefficient (Wildman–Crippen LogP) is 4.25. The van der Waals surface area contributed by atoms with E-state index >= 15 is 0 Å². The molecule has 1 aliphatic rings. The van der Waals surface area contributed by atoms with E-state index in [9.17, 15) is 9.59 Å². The van der Waals surface area contributed by atoms with Crippen LogP contribution in [0.1, 0.15) is 16.9 Å². The van der Waals surface area contributed by atoms with Gasteiger partial charge in [0.25, 0.3) is 11.8 Å². The first-order valence-electron chi connectivity index (χ1n) is 7.21. The molecule has 1 fully saturated rings. The summed E-state index contributed by atoms with van der Waals surface area (Å²) in [5.74, 6) is -0.688. The Kier molecular flexibility index (Phi) is 4.95. The van der Waals surface area contributed by atoms with Crippen molar-refractivity contribution in [2.45, 2.75) is 13.8 Å². The average Bonchev–Trinajstić information content (AvgIpc) is 2.80. The summed E-state index contributed by atoms with van der Waals surface area (Å²) in [6.45, 7) is 3.86. The van der Waals surface area contributed by atoms with Crippen LogP contribution in [0.4, 0.5) is 5.69 Å². The highest BCUT2D eigenvalue weighted by atomic mass is 79.9. The average molecular weight is 484 g/mol. The molecule has 0 atom stereocenters. The van der Waals surface area contributed by atoms with Crippen molar-refractivity contribution in [2.24, 2.45) is 0 Å². The first-order chi connectivity index (χ1) is 11.8. The molecule has 5 nitrogen and oxygen atoms in total. The Morgan fingerprint density at radius 1 is 1.12 bits per heavy atom. The van der Waals surface area contributed by atoms with Crippen LogP contribution in [0.5, 0.6) is 0 Å². The molecule has 1 aliphatic heterocycles. The van der Waals surface area contributed by atoms with Crippen molar-refractivity contribution in [2.75, 3.05) is 4.90 Å². The Morgan fingerprint density at radius 2 is 1.76 bits per heavy atom. The van der Waals surface area contributed by atoms with Crippen LogP contribution in [0.15, 0.2) is 43.4 Å². The lowest BCUT2D eigenvalue weighted by atomic mass is 10.1. The molecule has 2 amide bonds. The summed E-state index contributed by atoms with van der Waals surface area (Å²) in [6, 6.07) is 7.33. The smallest absolute Gasteiger partial charge is 0.270 e. The zero-order chi connectivity index (χ0) is 18.3. The number of carbonyl (C=O) groups is 2. The fraction of sp³-hybridized carbons (Fsp3) is 0.118. The molecular weight excluding hydrogens is 472 g/mol. The second-order valence-corrected chi connectivity index (χ2v) is 7.54. The summed E-state index contributed by atoms with van der Waals surface area (Å²) in [6.07, 6.45) is 1.39. The van der Waals surface area contributed by atoms with Gasteiger partial charge in [-0.05, 0) is 93.3 Å². The van der Waals surface area contributed by atoms with E-state index in [1.54, 1.807) is 6.07 Å². The maximum absolute atomic E-state index is 12.9. The number of benzene rings is 1. The number of thiocarbonyl (C=S) groups is 1. The highest BCUT2D eigenvalue weighted by molar-refractivity contribution is 9.13. The minimum absolute atomic E-state index is 0.0542. The van der Waals surface area contributed by atoms with Gasteiger partial charge in [-0.2, -0.15) is 0 Å². The lowest BCUT2D eigenvalue weighted by Crippen LogP contribution is -2.54. The maximum atomic E-state index is 12.9. The summed E-state index contributed by atoms with van der Waals surface area (Å²) in [5, 5.41) is 2.61. The number of nitrogens with zero attached hydrogens (tertiary/aromatic N) is 1. The standard InChI is InChI=1S/C17H12Br2N2O3S/c1-8-3-9(2)5-10(4-8)21-16(23)12(15(22)20-17(21)25)6-11-7-13(18)14(19)24-11/h3-7H,1-2H3,(H,20,22,25)/b12-6+. The van der Waals surface area contributed by atoms with E-state index in [-0.39, 0.29) is 10.7 Å². The Bertz CT molecular complexity index is 910. The number of nitrogens with one attached hydrogen (secondary N) is 1. The van der Waals surface area contributed by atoms with Gasteiger partial charge in [-0.1, -0.05) is 6.07 Å². The number of halogens is 2. The number of hydrogen-bond acceptors (Lipinski definition) is 4. The van der Waals surface area contributed by atoms with E-state index < -0.39 is 11.8 Å². The lowest BCUT2D eigenvalue weighted by molar-refractivity contribution is -0.122. The van der Waals surface area contributed by atoms with E-state index in [1.165, 1.54) is 11.0 Å². The minimum Gasteiger partial charge on any atom is -0.449 e. The number of amides is 2. The van der Waals surface area contributed by atoms with Crippen LogP contribution < -0.4 is 10.2 Å². The van der Waals surface area contributed by atoms with Gasteiger partial charge >= 0.3 is 0 Å². The third kappa shape index (κ3) is 3.61. The summed E-state index contributed by atoms with van der Waals surface area (Å²) >= 11 is 11.7. The SMILES string of the molecule is Cc1cc(C)cc(N2C(=O)/C(=C/c3cc(Br)c(Br)o3)C(=O)NC2=S)c1. The van der Waals surface area contributed by atoms with Gasteiger partial charge in [-0.25, -0.2) is 0 Å². The number of anilines is 1. The van der Waals surface area contributed by atoms with Crippen molar-refractivity contribution in [3.8, 4) is 0 Å². The lowest BCUT2D eigenvalue weighted by Gasteiger charge is -2.29. The van der Waals surface area contributed by atoms with Crippen LogP contribution in [-0.4, -0.2) is 16.9 Å². The summed E-state index contributed by atoms with van der Waals surface area (Å²) in [4.78, 5) is 26.5. The topological polar surface area (TPSA) is 62.6 Å². The number of aryl methyl sites for hydroxylation is 2. The van der Waals surface area contributed by atoms with Gasteiger partial charge in [-0.15, -0.1) is 0 Å². The van der Waals surface area contributed by atoms with Gasteiger partial charge in [0.15, 0.2) is 9.78 Å². The van der Waals surface area contributed by atoms with Gasteiger partial charge in [0.1, 0.15) is 11.3 Å². The van der Waals surface area contributed by atoms with Crippen LogP contribution in [0.25, 0.3) is 6.08 Å². The molecule has 1 N–H and O–H groups in total. The molecule has 1 aromatic heterocycles. The van der Waals surface area contributed by atoms with Crippen LogP contribution in [0, 0.1) is 13.8 Å². The number of rotatable bonds is 2. The van der Waals surface area contributed by atoms with E-state index in [0.717, 1.165) is 11.1 Å². The monoisotopic (exact) mass is 482 g/mol. The first-order valence-corrected chi connectivity index (χ1v) is 9.20. The Labute approximate surface area is 166 Å². The summed E-state index contributed by atoms with van der Waals surface area (Å²) in [7, 11) is 0. The largest absolute Gasteiger partial charge is 0.449 e. The molecular formula is C17H12Br2N2O3S.